The molecule has 1 fully saturated rings. The normalized spacial score (nSPS) is 14.0. The van der Waals surface area contributed by atoms with E-state index in [-0.39, 0.29) is 22.2 Å². The summed E-state index contributed by atoms with van der Waals surface area (Å²) in [5.41, 5.74) is 0.586. The smallest absolute Gasteiger partial charge is 0.270 e. The van der Waals surface area contributed by atoms with Crippen molar-refractivity contribution in [3.8, 4) is 12.3 Å². The maximum absolute atomic E-state index is 13.1. The van der Waals surface area contributed by atoms with Crippen molar-refractivity contribution in [2.24, 2.45) is 0 Å². The van der Waals surface area contributed by atoms with Gasteiger partial charge in [-0.15, -0.1) is 12.3 Å². The second kappa shape index (κ2) is 10.1. The molecule has 0 saturated carbocycles. The Morgan fingerprint density at radius 2 is 1.84 bits per heavy atom. The average Bonchev–Trinajstić information content (AvgIpc) is 2.77. The Balaban J connectivity index is 1.72. The zero-order valence-corrected chi connectivity index (χ0v) is 17.5. The van der Waals surface area contributed by atoms with E-state index in [0.29, 0.717) is 30.8 Å². The van der Waals surface area contributed by atoms with Crippen molar-refractivity contribution < 1.29 is 14.5 Å². The highest BCUT2D eigenvalue weighted by Crippen LogP contribution is 2.25. The monoisotopic (exact) mass is 440 g/mol. The number of hydrogen-bond donors (Lipinski definition) is 1. The van der Waals surface area contributed by atoms with Crippen LogP contribution in [0, 0.1) is 22.5 Å². The number of para-hydroxylation sites is 1. The van der Waals surface area contributed by atoms with Gasteiger partial charge in [0.25, 0.3) is 17.5 Å². The van der Waals surface area contributed by atoms with Crippen LogP contribution in [0.4, 0.5) is 11.4 Å². The van der Waals surface area contributed by atoms with Crippen molar-refractivity contribution in [2.45, 2.75) is 6.42 Å². The van der Waals surface area contributed by atoms with E-state index in [2.05, 4.69) is 16.1 Å². The van der Waals surface area contributed by atoms with Gasteiger partial charge in [0.2, 0.25) is 0 Å². The number of hydrogen-bond acceptors (Lipinski definition) is 5. The van der Waals surface area contributed by atoms with Crippen molar-refractivity contribution >= 4 is 34.8 Å². The van der Waals surface area contributed by atoms with Gasteiger partial charge in [0.05, 0.1) is 26.8 Å². The number of piperazine rings is 1. The second-order valence-corrected chi connectivity index (χ2v) is 7.42. The summed E-state index contributed by atoms with van der Waals surface area (Å²) in [4.78, 5) is 40.0. The number of carbonyl (C=O) groups excluding carboxylic acids is 2. The molecule has 0 spiro atoms. The molecular formula is C22H21ClN4O4. The largest absolute Gasteiger partial charge is 0.336 e. The fourth-order valence-corrected chi connectivity index (χ4v) is 3.60. The Morgan fingerprint density at radius 1 is 1.13 bits per heavy atom. The number of terminal acetylenes is 1. The van der Waals surface area contributed by atoms with E-state index in [1.165, 1.54) is 12.1 Å². The topological polar surface area (TPSA) is 95.8 Å². The van der Waals surface area contributed by atoms with E-state index in [9.17, 15) is 19.7 Å². The Kier molecular flexibility index (Phi) is 7.23. The van der Waals surface area contributed by atoms with Crippen LogP contribution in [0.15, 0.2) is 42.5 Å². The number of benzene rings is 2. The summed E-state index contributed by atoms with van der Waals surface area (Å²) in [6, 6.07) is 10.3. The Hall–Kier alpha value is -3.41. The molecule has 0 aliphatic carbocycles. The molecule has 1 saturated heterocycles. The number of amides is 2. The third-order valence-electron chi connectivity index (χ3n) is 5.05. The van der Waals surface area contributed by atoms with Crippen LogP contribution in [0.1, 0.15) is 27.1 Å². The van der Waals surface area contributed by atoms with Gasteiger partial charge in [-0.05, 0) is 18.2 Å². The number of nitro groups is 1. The molecular weight excluding hydrogens is 420 g/mol. The summed E-state index contributed by atoms with van der Waals surface area (Å²) in [7, 11) is 0. The zero-order valence-electron chi connectivity index (χ0n) is 16.7. The fraction of sp³-hybridized carbons (Fsp3) is 0.273. The molecule has 31 heavy (non-hydrogen) atoms. The van der Waals surface area contributed by atoms with E-state index in [1.54, 1.807) is 29.2 Å². The summed E-state index contributed by atoms with van der Waals surface area (Å²) in [5, 5.41) is 13.5. The molecule has 8 nitrogen and oxygen atoms in total. The molecule has 0 aromatic heterocycles. The number of nitro benzene ring substituents is 1. The molecule has 1 heterocycles. The minimum absolute atomic E-state index is 0.0430. The molecule has 160 valence electrons. The fourth-order valence-electron chi connectivity index (χ4n) is 3.34. The standard InChI is InChI=1S/C22H21ClN4O4/c1-2-3-10-25-11-13-26(14-12-25)22(29)18-6-4-5-7-20(18)24-21(28)17-9-8-16(27(30)31)15-19(17)23/h1,4-9,15H,3,10-14H2,(H,24,28). The van der Waals surface area contributed by atoms with Crippen molar-refractivity contribution in [3.63, 3.8) is 0 Å². The summed E-state index contributed by atoms with van der Waals surface area (Å²) in [6.45, 7) is 3.42. The molecule has 2 amide bonds. The first kappa shape index (κ1) is 22.3. The van der Waals surface area contributed by atoms with Crippen LogP contribution >= 0.6 is 11.6 Å². The lowest BCUT2D eigenvalue weighted by Crippen LogP contribution is -2.48. The molecule has 2 aromatic rings. The number of nitrogens with zero attached hydrogens (tertiary/aromatic N) is 3. The molecule has 0 radical (unpaired) electrons. The van der Waals surface area contributed by atoms with Gasteiger partial charge in [0, 0.05) is 51.3 Å². The third-order valence-corrected chi connectivity index (χ3v) is 5.36. The Labute approximate surface area is 184 Å². The number of anilines is 1. The van der Waals surface area contributed by atoms with Gasteiger partial charge < -0.3 is 10.2 Å². The molecule has 3 rings (SSSR count). The third kappa shape index (κ3) is 5.40. The summed E-state index contributed by atoms with van der Waals surface area (Å²) < 4.78 is 0. The first-order valence-electron chi connectivity index (χ1n) is 9.70. The van der Waals surface area contributed by atoms with Gasteiger partial charge in [-0.25, -0.2) is 0 Å². The van der Waals surface area contributed by atoms with Crippen molar-refractivity contribution in [1.29, 1.82) is 0 Å². The molecule has 1 N–H and O–H groups in total. The number of rotatable bonds is 6. The van der Waals surface area contributed by atoms with E-state index in [0.717, 1.165) is 25.7 Å². The van der Waals surface area contributed by atoms with Crippen LogP contribution in [0.25, 0.3) is 0 Å². The second-order valence-electron chi connectivity index (χ2n) is 7.01. The van der Waals surface area contributed by atoms with Crippen LogP contribution < -0.4 is 5.32 Å². The van der Waals surface area contributed by atoms with E-state index >= 15 is 0 Å². The van der Waals surface area contributed by atoms with Crippen molar-refractivity contribution in [3.05, 3.63) is 68.7 Å². The van der Waals surface area contributed by atoms with Gasteiger partial charge in [-0.3, -0.25) is 24.6 Å². The molecule has 1 aliphatic rings. The van der Waals surface area contributed by atoms with E-state index in [1.807, 2.05) is 0 Å². The van der Waals surface area contributed by atoms with Gasteiger partial charge >= 0.3 is 0 Å². The van der Waals surface area contributed by atoms with Crippen LogP contribution in [0.2, 0.25) is 5.02 Å². The van der Waals surface area contributed by atoms with Crippen LogP contribution in [-0.4, -0.2) is 59.3 Å². The highest BCUT2D eigenvalue weighted by molar-refractivity contribution is 6.34. The van der Waals surface area contributed by atoms with Crippen LogP contribution in [0.5, 0.6) is 0 Å². The van der Waals surface area contributed by atoms with Crippen LogP contribution in [0.3, 0.4) is 0 Å². The van der Waals surface area contributed by atoms with Gasteiger partial charge in [-0.2, -0.15) is 0 Å². The predicted octanol–water partition coefficient (Wildman–Crippen LogP) is 3.28. The zero-order chi connectivity index (χ0) is 22.4. The average molecular weight is 441 g/mol. The number of halogens is 1. The molecule has 2 aromatic carbocycles. The van der Waals surface area contributed by atoms with Gasteiger partial charge in [-0.1, -0.05) is 23.7 Å². The highest BCUT2D eigenvalue weighted by atomic mass is 35.5. The summed E-state index contributed by atoms with van der Waals surface area (Å²) in [5.74, 6) is 1.89. The van der Waals surface area contributed by atoms with E-state index < -0.39 is 10.8 Å². The van der Waals surface area contributed by atoms with Crippen LogP contribution in [-0.2, 0) is 0 Å². The highest BCUT2D eigenvalue weighted by Gasteiger charge is 2.24. The number of carbonyl (C=O) groups is 2. The Bertz CT molecular complexity index is 1040. The maximum Gasteiger partial charge on any atom is 0.270 e. The lowest BCUT2D eigenvalue weighted by Gasteiger charge is -2.34. The number of nitrogens with one attached hydrogen (secondary N) is 1. The lowest BCUT2D eigenvalue weighted by molar-refractivity contribution is -0.384. The molecule has 0 atom stereocenters. The maximum atomic E-state index is 13.1. The van der Waals surface area contributed by atoms with E-state index in [4.69, 9.17) is 18.0 Å². The van der Waals surface area contributed by atoms with Crippen molar-refractivity contribution in [2.75, 3.05) is 38.0 Å². The first-order chi connectivity index (χ1) is 14.9. The minimum atomic E-state index is -0.589. The van der Waals surface area contributed by atoms with Gasteiger partial charge in [0.15, 0.2) is 0 Å². The molecule has 0 bridgehead atoms. The molecule has 0 unspecified atom stereocenters. The number of non-ortho nitro benzene ring substituents is 1. The predicted molar refractivity (Wildman–Crippen MR) is 118 cm³/mol. The minimum Gasteiger partial charge on any atom is -0.336 e. The van der Waals surface area contributed by atoms with Gasteiger partial charge in [0.1, 0.15) is 0 Å². The summed E-state index contributed by atoms with van der Waals surface area (Å²) >= 11 is 6.05. The Morgan fingerprint density at radius 3 is 2.48 bits per heavy atom. The molecule has 1 aliphatic heterocycles. The lowest BCUT2D eigenvalue weighted by atomic mass is 10.1. The first-order valence-corrected chi connectivity index (χ1v) is 10.1. The SMILES string of the molecule is C#CCCN1CCN(C(=O)c2ccccc2NC(=O)c2ccc([N+](=O)[O-])cc2Cl)CC1. The van der Waals surface area contributed by atoms with Crippen molar-refractivity contribution in [1.82, 2.24) is 9.80 Å². The quantitative estimate of drug-likeness (QED) is 0.422. The summed E-state index contributed by atoms with van der Waals surface area (Å²) in [6.07, 6.45) is 5.99. The molecule has 9 heteroatoms.